The summed E-state index contributed by atoms with van der Waals surface area (Å²) in [6.07, 6.45) is 6.66. The number of allylic oxidation sites excluding steroid dienone is 1. The van der Waals surface area contributed by atoms with Crippen molar-refractivity contribution in [2.75, 3.05) is 0 Å². The maximum atomic E-state index is 11.8. The molecule has 33 heavy (non-hydrogen) atoms. The van der Waals surface area contributed by atoms with Gasteiger partial charge < -0.3 is 9.16 Å². The Bertz CT molecular complexity index is 791. The minimum Gasteiger partial charge on any atom is -0.458 e. The second-order valence-corrected chi connectivity index (χ2v) is 17.5. The molecule has 188 valence electrons. The number of rotatable bonds is 6. The Morgan fingerprint density at radius 2 is 1.79 bits per heavy atom. The highest BCUT2D eigenvalue weighted by Gasteiger charge is 2.53. The molecule has 0 saturated heterocycles. The van der Waals surface area contributed by atoms with Crippen LogP contribution in [0.3, 0.4) is 0 Å². The molecular weight excluding hydrogens is 424 g/mol. The summed E-state index contributed by atoms with van der Waals surface area (Å²) in [6, 6.07) is 2.35. The molecule has 3 aliphatic rings. The molecule has 0 aromatic heterocycles. The summed E-state index contributed by atoms with van der Waals surface area (Å²) >= 11 is 0. The fraction of sp³-hybridized carbons (Fsp3) is 0.828. The fourth-order valence-corrected chi connectivity index (χ4v) is 11.3. The molecule has 0 heterocycles. The Hall–Kier alpha value is -0.873. The van der Waals surface area contributed by atoms with E-state index >= 15 is 0 Å². The van der Waals surface area contributed by atoms with Crippen molar-refractivity contribution in [2.24, 2.45) is 22.7 Å². The zero-order valence-electron chi connectivity index (χ0n) is 23.0. The third kappa shape index (κ3) is 4.81. The average Bonchev–Trinajstić information content (AvgIpc) is 2.71. The molecule has 0 unspecified atom stereocenters. The summed E-state index contributed by atoms with van der Waals surface area (Å²) in [5.41, 5.74) is 5.22. The number of esters is 1. The number of hydrogen-bond donors (Lipinski definition) is 0. The van der Waals surface area contributed by atoms with E-state index in [9.17, 15) is 4.79 Å². The Labute approximate surface area is 204 Å². The van der Waals surface area contributed by atoms with Gasteiger partial charge in [0.25, 0.3) is 0 Å². The van der Waals surface area contributed by atoms with Crippen molar-refractivity contribution in [3.8, 4) is 0 Å². The van der Waals surface area contributed by atoms with Crippen LogP contribution in [0.2, 0.25) is 17.6 Å². The molecule has 0 N–H and O–H groups in total. The third-order valence-corrected chi connectivity index (χ3v) is 15.4. The van der Waals surface area contributed by atoms with Crippen molar-refractivity contribution >= 4 is 14.3 Å². The number of fused-ring (bicyclic) bond motifs is 3. The van der Waals surface area contributed by atoms with Crippen molar-refractivity contribution in [1.29, 1.82) is 0 Å². The van der Waals surface area contributed by atoms with Gasteiger partial charge in [0.1, 0.15) is 6.10 Å². The van der Waals surface area contributed by atoms with Gasteiger partial charge in [0.05, 0.1) is 6.10 Å². The van der Waals surface area contributed by atoms with Crippen LogP contribution in [-0.2, 0) is 14.0 Å². The van der Waals surface area contributed by atoms with Crippen LogP contribution in [0.4, 0.5) is 0 Å². The third-order valence-electron chi connectivity index (χ3n) is 10.2. The zero-order chi connectivity index (χ0) is 24.8. The number of ether oxygens (including phenoxy) is 1. The second-order valence-electron chi connectivity index (χ2n) is 12.5. The molecular formula is C29H50O3Si. The minimum atomic E-state index is -1.86. The SMILES string of the molecule is C=C1[C@@H](OC(C)=O)CC[C@@]2(C)C[C@H](O[Si](CC)(CC)C(C)C)C3=C(C)CC[C@@H](C[C@H]12)C3(C)C. The molecule has 4 heteroatoms. The van der Waals surface area contributed by atoms with Gasteiger partial charge in [0.15, 0.2) is 8.32 Å². The standard InChI is InChI=1S/C29H50O3Si/c1-11-33(12-2,19(3)4)32-26-18-29(10)16-15-25(31-22(7)30)21(6)24(29)17-23-14-13-20(5)27(26)28(23,8)9/h19,23-26H,6,11-18H2,1-5,7-10H3/t23-,24+,25-,26-,29-/m0/s1. The molecule has 2 bridgehead atoms. The second kappa shape index (κ2) is 9.64. The monoisotopic (exact) mass is 474 g/mol. The Kier molecular flexibility index (Phi) is 7.81. The maximum Gasteiger partial charge on any atom is 0.303 e. The van der Waals surface area contributed by atoms with Gasteiger partial charge in [0, 0.05) is 6.92 Å². The van der Waals surface area contributed by atoms with Gasteiger partial charge in [-0.1, -0.05) is 60.6 Å². The molecule has 0 amide bonds. The van der Waals surface area contributed by atoms with E-state index in [1.54, 1.807) is 11.1 Å². The van der Waals surface area contributed by atoms with Crippen LogP contribution in [0.15, 0.2) is 23.3 Å². The lowest BCUT2D eigenvalue weighted by Crippen LogP contribution is -2.52. The van der Waals surface area contributed by atoms with Crippen LogP contribution in [0.25, 0.3) is 0 Å². The predicted molar refractivity (Wildman–Crippen MR) is 141 cm³/mol. The Morgan fingerprint density at radius 3 is 2.33 bits per heavy atom. The predicted octanol–water partition coefficient (Wildman–Crippen LogP) is 8.22. The van der Waals surface area contributed by atoms with Crippen LogP contribution in [0.5, 0.6) is 0 Å². The number of carbonyl (C=O) groups is 1. The number of hydrogen-bond acceptors (Lipinski definition) is 3. The smallest absolute Gasteiger partial charge is 0.303 e. The summed E-state index contributed by atoms with van der Waals surface area (Å²) < 4.78 is 13.2. The molecule has 0 aromatic carbocycles. The molecule has 0 spiro atoms. The van der Waals surface area contributed by atoms with E-state index in [0.29, 0.717) is 17.4 Å². The van der Waals surface area contributed by atoms with Crippen molar-refractivity contribution in [3.63, 3.8) is 0 Å². The lowest BCUT2D eigenvalue weighted by molar-refractivity contribution is -0.147. The Morgan fingerprint density at radius 1 is 1.15 bits per heavy atom. The van der Waals surface area contributed by atoms with Gasteiger partial charge in [-0.3, -0.25) is 4.79 Å². The van der Waals surface area contributed by atoms with E-state index in [2.05, 4.69) is 62.0 Å². The highest BCUT2D eigenvalue weighted by molar-refractivity contribution is 6.75. The average molecular weight is 475 g/mol. The van der Waals surface area contributed by atoms with Gasteiger partial charge in [-0.05, 0) is 96.9 Å². The van der Waals surface area contributed by atoms with E-state index in [1.807, 2.05) is 0 Å². The Balaban J connectivity index is 2.08. The first kappa shape index (κ1) is 26.7. The molecule has 0 radical (unpaired) electrons. The van der Waals surface area contributed by atoms with Crippen molar-refractivity contribution in [3.05, 3.63) is 23.3 Å². The highest BCUT2D eigenvalue weighted by atomic mass is 28.4. The summed E-state index contributed by atoms with van der Waals surface area (Å²) in [5.74, 6) is 0.802. The minimum absolute atomic E-state index is 0.127. The van der Waals surface area contributed by atoms with Crippen LogP contribution in [0.1, 0.15) is 101 Å². The first-order valence-corrected chi connectivity index (χ1v) is 15.9. The molecule has 3 nitrogen and oxygen atoms in total. The molecule has 2 saturated carbocycles. The summed E-state index contributed by atoms with van der Waals surface area (Å²) in [7, 11) is -1.86. The molecule has 3 rings (SSSR count). The molecule has 0 aliphatic heterocycles. The first-order chi connectivity index (χ1) is 15.3. The first-order valence-electron chi connectivity index (χ1n) is 13.5. The van der Waals surface area contributed by atoms with E-state index in [-0.39, 0.29) is 29.0 Å². The van der Waals surface area contributed by atoms with Gasteiger partial charge in [-0.15, -0.1) is 0 Å². The summed E-state index contributed by atoms with van der Waals surface area (Å²) in [4.78, 5) is 11.8. The maximum absolute atomic E-state index is 11.8. The quantitative estimate of drug-likeness (QED) is 0.221. The van der Waals surface area contributed by atoms with Gasteiger partial charge in [-0.25, -0.2) is 0 Å². The van der Waals surface area contributed by atoms with E-state index in [4.69, 9.17) is 9.16 Å². The van der Waals surface area contributed by atoms with E-state index < -0.39 is 8.32 Å². The topological polar surface area (TPSA) is 35.5 Å². The van der Waals surface area contributed by atoms with Crippen molar-refractivity contribution in [2.45, 2.75) is 131 Å². The molecule has 0 aromatic rings. The number of carbonyl (C=O) groups excluding carboxylic acids is 1. The lowest BCUT2D eigenvalue weighted by Gasteiger charge is -2.56. The molecule has 2 fully saturated rings. The largest absolute Gasteiger partial charge is 0.458 e. The molecule has 3 aliphatic carbocycles. The van der Waals surface area contributed by atoms with Crippen molar-refractivity contribution < 1.29 is 14.0 Å². The van der Waals surface area contributed by atoms with Gasteiger partial charge in [-0.2, -0.15) is 0 Å². The van der Waals surface area contributed by atoms with Crippen LogP contribution in [0, 0.1) is 22.7 Å². The molecule has 5 atom stereocenters. The van der Waals surface area contributed by atoms with Gasteiger partial charge >= 0.3 is 5.97 Å². The van der Waals surface area contributed by atoms with E-state index in [0.717, 1.165) is 31.3 Å². The van der Waals surface area contributed by atoms with Crippen LogP contribution < -0.4 is 0 Å². The lowest BCUT2D eigenvalue weighted by atomic mass is 9.52. The van der Waals surface area contributed by atoms with Crippen LogP contribution in [-0.4, -0.2) is 26.5 Å². The van der Waals surface area contributed by atoms with Crippen LogP contribution >= 0.6 is 0 Å². The summed E-state index contributed by atoms with van der Waals surface area (Å²) in [6.45, 7) is 25.4. The normalized spacial score (nSPS) is 34.5. The highest BCUT2D eigenvalue weighted by Crippen LogP contribution is 2.60. The summed E-state index contributed by atoms with van der Waals surface area (Å²) in [5, 5.41) is 0. The fourth-order valence-electron chi connectivity index (χ4n) is 7.83. The van der Waals surface area contributed by atoms with E-state index in [1.165, 1.54) is 31.9 Å². The van der Waals surface area contributed by atoms with Gasteiger partial charge in [0.2, 0.25) is 0 Å². The van der Waals surface area contributed by atoms with Crippen molar-refractivity contribution in [1.82, 2.24) is 0 Å². The zero-order valence-corrected chi connectivity index (χ0v) is 24.0.